The lowest BCUT2D eigenvalue weighted by molar-refractivity contribution is -0.142. The molecule has 5 nitrogen and oxygen atoms in total. The van der Waals surface area contributed by atoms with E-state index in [-0.39, 0.29) is 11.5 Å². The van der Waals surface area contributed by atoms with Crippen LogP contribution >= 0.6 is 0 Å². The molecule has 1 atom stereocenters. The summed E-state index contributed by atoms with van der Waals surface area (Å²) in [7, 11) is 1.32. The van der Waals surface area contributed by atoms with E-state index in [1.54, 1.807) is 6.07 Å². The molecule has 0 spiro atoms. The summed E-state index contributed by atoms with van der Waals surface area (Å²) in [6, 6.07) is 19.9. The van der Waals surface area contributed by atoms with Gasteiger partial charge in [0.1, 0.15) is 17.4 Å². The van der Waals surface area contributed by atoms with Gasteiger partial charge in [0.05, 0.1) is 7.11 Å². The van der Waals surface area contributed by atoms with Crippen molar-refractivity contribution in [1.29, 1.82) is 0 Å². The van der Waals surface area contributed by atoms with E-state index < -0.39 is 12.0 Å². The zero-order chi connectivity index (χ0) is 21.7. The first-order valence-electron chi connectivity index (χ1n) is 9.91. The monoisotopic (exact) mass is 405 g/mol. The molecule has 0 aliphatic rings. The number of benzene rings is 3. The molecule has 1 N–H and O–H groups in total. The topological polar surface area (TPSA) is 64.6 Å². The molecule has 5 heteroatoms. The number of amides is 1. The van der Waals surface area contributed by atoms with Crippen LogP contribution in [0.15, 0.2) is 66.7 Å². The predicted molar refractivity (Wildman–Crippen MR) is 118 cm³/mol. The SMILES string of the molecule is COC(=O)C(Cc1ccc(OC(C)(C)C)cc1)NC(=O)c1cccc2ccccc12. The zero-order valence-electron chi connectivity index (χ0n) is 17.8. The van der Waals surface area contributed by atoms with Crippen molar-refractivity contribution in [3.05, 3.63) is 77.9 Å². The third kappa shape index (κ3) is 5.38. The Morgan fingerprint density at radius 2 is 1.60 bits per heavy atom. The Hall–Kier alpha value is -3.34. The molecule has 0 heterocycles. The van der Waals surface area contributed by atoms with Gasteiger partial charge in [0.25, 0.3) is 5.91 Å². The minimum absolute atomic E-state index is 0.289. The number of carbonyl (C=O) groups excluding carboxylic acids is 2. The lowest BCUT2D eigenvalue weighted by atomic mass is 10.0. The average molecular weight is 405 g/mol. The zero-order valence-corrected chi connectivity index (χ0v) is 17.8. The fourth-order valence-corrected chi connectivity index (χ4v) is 3.28. The van der Waals surface area contributed by atoms with Crippen molar-refractivity contribution in [2.45, 2.75) is 38.8 Å². The van der Waals surface area contributed by atoms with Crippen LogP contribution in [0.4, 0.5) is 0 Å². The second-order valence-electron chi connectivity index (χ2n) is 8.14. The van der Waals surface area contributed by atoms with E-state index in [1.165, 1.54) is 7.11 Å². The predicted octanol–water partition coefficient (Wildman–Crippen LogP) is 4.53. The van der Waals surface area contributed by atoms with Crippen LogP contribution in [0.1, 0.15) is 36.7 Å². The molecule has 3 rings (SSSR count). The summed E-state index contributed by atoms with van der Waals surface area (Å²) < 4.78 is 10.8. The Morgan fingerprint density at radius 1 is 0.933 bits per heavy atom. The minimum atomic E-state index is -0.796. The van der Waals surface area contributed by atoms with Crippen LogP contribution in [0.5, 0.6) is 5.75 Å². The number of hydrogen-bond donors (Lipinski definition) is 1. The second-order valence-corrected chi connectivity index (χ2v) is 8.14. The Balaban J connectivity index is 1.78. The highest BCUT2D eigenvalue weighted by Crippen LogP contribution is 2.21. The van der Waals surface area contributed by atoms with Gasteiger partial charge in [-0.3, -0.25) is 4.79 Å². The van der Waals surface area contributed by atoms with Crippen molar-refractivity contribution in [2.75, 3.05) is 7.11 Å². The number of rotatable bonds is 6. The number of methoxy groups -OCH3 is 1. The van der Waals surface area contributed by atoms with Gasteiger partial charge in [-0.25, -0.2) is 4.79 Å². The molecule has 0 fully saturated rings. The van der Waals surface area contributed by atoms with Gasteiger partial charge in [-0.15, -0.1) is 0 Å². The van der Waals surface area contributed by atoms with E-state index >= 15 is 0 Å². The van der Waals surface area contributed by atoms with E-state index in [0.717, 1.165) is 22.1 Å². The number of hydrogen-bond acceptors (Lipinski definition) is 4. The summed E-state index contributed by atoms with van der Waals surface area (Å²) >= 11 is 0. The fourth-order valence-electron chi connectivity index (χ4n) is 3.28. The number of ether oxygens (including phenoxy) is 2. The molecule has 0 saturated heterocycles. The van der Waals surface area contributed by atoms with Crippen molar-refractivity contribution in [1.82, 2.24) is 5.32 Å². The van der Waals surface area contributed by atoms with Crippen molar-refractivity contribution >= 4 is 22.6 Å². The third-order valence-electron chi connectivity index (χ3n) is 4.61. The molecular weight excluding hydrogens is 378 g/mol. The highest BCUT2D eigenvalue weighted by atomic mass is 16.5. The van der Waals surface area contributed by atoms with E-state index in [0.29, 0.717) is 12.0 Å². The number of fused-ring (bicyclic) bond motifs is 1. The van der Waals surface area contributed by atoms with Gasteiger partial charge in [-0.1, -0.05) is 48.5 Å². The molecule has 1 amide bonds. The van der Waals surface area contributed by atoms with Crippen LogP contribution in [0.25, 0.3) is 10.8 Å². The van der Waals surface area contributed by atoms with Gasteiger partial charge in [0.15, 0.2) is 0 Å². The van der Waals surface area contributed by atoms with Gasteiger partial charge < -0.3 is 14.8 Å². The largest absolute Gasteiger partial charge is 0.488 e. The van der Waals surface area contributed by atoms with Crippen molar-refractivity contribution in [3.8, 4) is 5.75 Å². The highest BCUT2D eigenvalue weighted by molar-refractivity contribution is 6.08. The molecule has 0 aliphatic heterocycles. The highest BCUT2D eigenvalue weighted by Gasteiger charge is 2.23. The summed E-state index contributed by atoms with van der Waals surface area (Å²) in [6.07, 6.45) is 0.318. The van der Waals surface area contributed by atoms with Crippen LogP contribution < -0.4 is 10.1 Å². The summed E-state index contributed by atoms with van der Waals surface area (Å²) in [5.74, 6) is -0.0471. The smallest absolute Gasteiger partial charge is 0.328 e. The molecule has 30 heavy (non-hydrogen) atoms. The second kappa shape index (κ2) is 8.99. The standard InChI is InChI=1S/C25H27NO4/c1-25(2,3)30-19-14-12-17(13-15-19)16-22(24(28)29-4)26-23(27)21-11-7-9-18-8-5-6-10-20(18)21/h5-15,22H,16H2,1-4H3,(H,26,27). The van der Waals surface area contributed by atoms with E-state index in [9.17, 15) is 9.59 Å². The van der Waals surface area contributed by atoms with Crippen LogP contribution in [0.3, 0.4) is 0 Å². The maximum absolute atomic E-state index is 13.0. The summed E-state index contributed by atoms with van der Waals surface area (Å²) in [6.45, 7) is 5.95. The lowest BCUT2D eigenvalue weighted by Crippen LogP contribution is -2.43. The van der Waals surface area contributed by atoms with Crippen LogP contribution in [0.2, 0.25) is 0 Å². The normalized spacial score (nSPS) is 12.3. The summed E-state index contributed by atoms with van der Waals surface area (Å²) in [4.78, 5) is 25.3. The Kier molecular flexibility index (Phi) is 6.40. The number of nitrogens with one attached hydrogen (secondary N) is 1. The van der Waals surface area contributed by atoms with Crippen LogP contribution in [0, 0.1) is 0 Å². The van der Waals surface area contributed by atoms with E-state index in [2.05, 4.69) is 5.32 Å². The molecule has 0 saturated carbocycles. The Labute approximate surface area is 177 Å². The Morgan fingerprint density at radius 3 is 2.27 bits per heavy atom. The van der Waals surface area contributed by atoms with Crippen LogP contribution in [-0.2, 0) is 16.0 Å². The first kappa shape index (κ1) is 21.4. The third-order valence-corrected chi connectivity index (χ3v) is 4.61. The molecule has 0 bridgehead atoms. The van der Waals surface area contributed by atoms with E-state index in [1.807, 2.05) is 81.4 Å². The van der Waals surface area contributed by atoms with Gasteiger partial charge in [0, 0.05) is 12.0 Å². The maximum atomic E-state index is 13.0. The Bertz CT molecular complexity index is 1030. The van der Waals surface area contributed by atoms with Crippen molar-refractivity contribution in [3.63, 3.8) is 0 Å². The molecule has 0 aromatic heterocycles. The quantitative estimate of drug-likeness (QED) is 0.612. The first-order chi connectivity index (χ1) is 14.3. The number of esters is 1. The summed E-state index contributed by atoms with van der Waals surface area (Å²) in [5, 5.41) is 4.64. The van der Waals surface area contributed by atoms with Gasteiger partial charge in [-0.2, -0.15) is 0 Å². The molecular formula is C25H27NO4. The lowest BCUT2D eigenvalue weighted by Gasteiger charge is -2.21. The number of carbonyl (C=O) groups is 2. The molecule has 156 valence electrons. The molecule has 3 aromatic rings. The van der Waals surface area contributed by atoms with E-state index in [4.69, 9.17) is 9.47 Å². The van der Waals surface area contributed by atoms with Gasteiger partial charge >= 0.3 is 5.97 Å². The molecule has 0 aliphatic carbocycles. The van der Waals surface area contributed by atoms with Gasteiger partial charge in [-0.05, 0) is 55.3 Å². The average Bonchev–Trinajstić information content (AvgIpc) is 2.72. The molecule has 1 unspecified atom stereocenters. The molecule has 3 aromatic carbocycles. The molecule has 0 radical (unpaired) electrons. The van der Waals surface area contributed by atoms with Gasteiger partial charge in [0.2, 0.25) is 0 Å². The van der Waals surface area contributed by atoms with Crippen molar-refractivity contribution in [2.24, 2.45) is 0 Å². The maximum Gasteiger partial charge on any atom is 0.328 e. The van der Waals surface area contributed by atoms with Crippen molar-refractivity contribution < 1.29 is 19.1 Å². The fraction of sp³-hybridized carbons (Fsp3) is 0.280. The minimum Gasteiger partial charge on any atom is -0.488 e. The summed E-state index contributed by atoms with van der Waals surface area (Å²) in [5.41, 5.74) is 1.13. The van der Waals surface area contributed by atoms with Crippen LogP contribution in [-0.4, -0.2) is 30.6 Å². The first-order valence-corrected chi connectivity index (χ1v) is 9.91.